The second-order valence-corrected chi connectivity index (χ2v) is 12.4. The normalized spacial score (nSPS) is 15.5. The number of ether oxygens (including phenoxy) is 3. The van der Waals surface area contributed by atoms with E-state index >= 15 is 0 Å². The maximum Gasteiger partial charge on any atom is 0.416 e. The monoisotopic (exact) mass is 554 g/mol. The van der Waals surface area contributed by atoms with Crippen LogP contribution >= 0.6 is 0 Å². The maximum atomic E-state index is 13.8. The van der Waals surface area contributed by atoms with Crippen LogP contribution in [0.5, 0.6) is 5.75 Å². The number of hydrogen-bond donors (Lipinski definition) is 0. The largest absolute Gasteiger partial charge is 0.495 e. The Morgan fingerprint density at radius 3 is 2.72 bits per heavy atom. The first-order valence-corrected chi connectivity index (χ1v) is 15.1. The summed E-state index contributed by atoms with van der Waals surface area (Å²) in [5.41, 5.74) is 0.972. The number of nitrogens with zero attached hydrogens (tertiary/aromatic N) is 5. The summed E-state index contributed by atoms with van der Waals surface area (Å²) < 4.78 is 62.3. The predicted octanol–water partition coefficient (Wildman–Crippen LogP) is 5.65. The zero-order valence-electron chi connectivity index (χ0n) is 21.7. The van der Waals surface area contributed by atoms with E-state index in [9.17, 15) is 18.4 Å². The summed E-state index contributed by atoms with van der Waals surface area (Å²) in [7, 11) is 1.04. The molecule has 1 unspecified atom stereocenters. The molecule has 0 N–H and O–H groups in total. The number of halogens is 3. The smallest absolute Gasteiger partial charge is 0.416 e. The second-order valence-electron chi connectivity index (χ2n) is 9.50. The molecule has 39 heavy (non-hydrogen) atoms. The fraction of sp³-hybridized carbons (Fsp3) is 0.370. The van der Waals surface area contributed by atoms with Gasteiger partial charge >= 0.3 is 6.18 Å². The average molecular weight is 555 g/mol. The third kappa shape index (κ3) is 5.17. The van der Waals surface area contributed by atoms with Crippen LogP contribution in [0, 0.1) is 11.3 Å². The summed E-state index contributed by atoms with van der Waals surface area (Å²) in [6.07, 6.45) is -5.57. The number of alkyl halides is 3. The van der Waals surface area contributed by atoms with Crippen molar-refractivity contribution >= 4 is 19.7 Å². The molecular formula is C27H27F3N5O3Si. The standard InChI is InChI=1S/C27H27F3N5O3Si/c1-36-23-17(15-31)8-9-21-19(23)14-22(34(21)16-37-12-13-39(2)3)25-32-26-24(38-11-10-35(26)33-25)18-6-4-5-7-20(18)27(28,29)30/h4-9,14,24H,10-13,16H2,1-3H3. The van der Waals surface area contributed by atoms with Crippen LogP contribution in [0.1, 0.15) is 28.6 Å². The molecule has 1 aliphatic rings. The van der Waals surface area contributed by atoms with Gasteiger partial charge in [-0.1, -0.05) is 31.3 Å². The van der Waals surface area contributed by atoms with E-state index in [1.54, 1.807) is 16.8 Å². The van der Waals surface area contributed by atoms with E-state index < -0.39 is 26.6 Å². The van der Waals surface area contributed by atoms with Crippen LogP contribution in [0.3, 0.4) is 0 Å². The molecule has 2 aromatic carbocycles. The molecule has 0 saturated heterocycles. The highest BCUT2D eigenvalue weighted by Gasteiger charge is 2.38. The summed E-state index contributed by atoms with van der Waals surface area (Å²) in [6, 6.07) is 13.8. The molecule has 203 valence electrons. The van der Waals surface area contributed by atoms with Crippen LogP contribution in [-0.2, 0) is 28.9 Å². The highest BCUT2D eigenvalue weighted by atomic mass is 28.3. The average Bonchev–Trinajstić information content (AvgIpc) is 3.51. The van der Waals surface area contributed by atoms with Crippen LogP contribution < -0.4 is 4.74 Å². The topological polar surface area (TPSA) is 87.1 Å². The molecule has 2 aromatic heterocycles. The number of aromatic nitrogens is 4. The lowest BCUT2D eigenvalue weighted by atomic mass is 10.0. The Labute approximate surface area is 225 Å². The molecule has 4 aromatic rings. The predicted molar refractivity (Wildman–Crippen MR) is 140 cm³/mol. The van der Waals surface area contributed by atoms with Crippen molar-refractivity contribution in [3.8, 4) is 23.3 Å². The van der Waals surface area contributed by atoms with Crippen molar-refractivity contribution in [3.05, 3.63) is 65.0 Å². The van der Waals surface area contributed by atoms with Gasteiger partial charge < -0.3 is 18.8 Å². The van der Waals surface area contributed by atoms with E-state index in [0.29, 0.717) is 47.2 Å². The van der Waals surface area contributed by atoms with Gasteiger partial charge in [0.25, 0.3) is 0 Å². The van der Waals surface area contributed by atoms with Gasteiger partial charge in [0.15, 0.2) is 11.6 Å². The van der Waals surface area contributed by atoms with Gasteiger partial charge in [-0.05, 0) is 30.3 Å². The van der Waals surface area contributed by atoms with Gasteiger partial charge in [-0.3, -0.25) is 0 Å². The third-order valence-corrected chi connectivity index (χ3v) is 7.83. The van der Waals surface area contributed by atoms with Crippen molar-refractivity contribution in [1.29, 1.82) is 5.26 Å². The highest BCUT2D eigenvalue weighted by molar-refractivity contribution is 6.55. The van der Waals surface area contributed by atoms with Crippen LogP contribution in [0.2, 0.25) is 19.1 Å². The van der Waals surface area contributed by atoms with E-state index in [2.05, 4.69) is 24.3 Å². The van der Waals surface area contributed by atoms with Gasteiger partial charge in [0.1, 0.15) is 24.7 Å². The molecule has 12 heteroatoms. The summed E-state index contributed by atoms with van der Waals surface area (Å²) in [6.45, 7) is 5.77. The highest BCUT2D eigenvalue weighted by Crippen LogP contribution is 2.40. The molecule has 0 aliphatic carbocycles. The van der Waals surface area contributed by atoms with Crippen LogP contribution in [0.15, 0.2) is 42.5 Å². The second kappa shape index (κ2) is 10.8. The Balaban J connectivity index is 1.61. The van der Waals surface area contributed by atoms with E-state index in [1.165, 1.54) is 19.2 Å². The van der Waals surface area contributed by atoms with E-state index in [4.69, 9.17) is 19.2 Å². The van der Waals surface area contributed by atoms with Crippen molar-refractivity contribution in [1.82, 2.24) is 19.3 Å². The molecular weight excluding hydrogens is 527 g/mol. The lowest BCUT2D eigenvalue weighted by molar-refractivity contribution is -0.139. The molecule has 5 rings (SSSR count). The number of methoxy groups -OCH3 is 1. The van der Waals surface area contributed by atoms with Crippen molar-refractivity contribution in [3.63, 3.8) is 0 Å². The number of hydrogen-bond acceptors (Lipinski definition) is 6. The van der Waals surface area contributed by atoms with Gasteiger partial charge in [-0.2, -0.15) is 18.4 Å². The minimum atomic E-state index is -4.54. The first-order valence-electron chi connectivity index (χ1n) is 12.4. The van der Waals surface area contributed by atoms with Gasteiger partial charge in [0, 0.05) is 26.4 Å². The Kier molecular flexibility index (Phi) is 7.48. The van der Waals surface area contributed by atoms with Crippen molar-refractivity contribution in [2.45, 2.75) is 44.7 Å². The first kappa shape index (κ1) is 26.9. The van der Waals surface area contributed by atoms with E-state index in [-0.39, 0.29) is 18.9 Å². The van der Waals surface area contributed by atoms with Crippen LogP contribution in [0.4, 0.5) is 13.2 Å². The lowest BCUT2D eigenvalue weighted by Gasteiger charge is -2.25. The van der Waals surface area contributed by atoms with Crippen LogP contribution in [0.25, 0.3) is 22.4 Å². The molecule has 1 aliphatic heterocycles. The molecule has 0 saturated carbocycles. The van der Waals surface area contributed by atoms with Crippen molar-refractivity contribution in [2.75, 3.05) is 20.3 Å². The van der Waals surface area contributed by atoms with Gasteiger partial charge in [0.05, 0.1) is 42.6 Å². The minimum Gasteiger partial charge on any atom is -0.495 e. The zero-order valence-corrected chi connectivity index (χ0v) is 22.7. The molecule has 0 spiro atoms. The van der Waals surface area contributed by atoms with Crippen LogP contribution in [-0.4, -0.2) is 48.5 Å². The van der Waals surface area contributed by atoms with E-state index in [0.717, 1.165) is 17.6 Å². The van der Waals surface area contributed by atoms with E-state index in [1.807, 2.05) is 16.7 Å². The number of benzene rings is 2. The number of rotatable bonds is 8. The zero-order chi connectivity index (χ0) is 27.7. The van der Waals surface area contributed by atoms with Crippen molar-refractivity contribution in [2.24, 2.45) is 0 Å². The summed E-state index contributed by atoms with van der Waals surface area (Å²) in [4.78, 5) is 4.69. The fourth-order valence-corrected chi connectivity index (χ4v) is 5.29. The minimum absolute atomic E-state index is 0.00847. The molecule has 3 heterocycles. The van der Waals surface area contributed by atoms with Gasteiger partial charge in [-0.15, -0.1) is 5.10 Å². The molecule has 8 nitrogen and oxygen atoms in total. The fourth-order valence-electron chi connectivity index (χ4n) is 4.74. The van der Waals surface area contributed by atoms with Crippen molar-refractivity contribution < 1.29 is 27.4 Å². The molecule has 1 atom stereocenters. The molecule has 0 fully saturated rings. The Hall–Kier alpha value is -3.66. The Morgan fingerprint density at radius 1 is 1.21 bits per heavy atom. The SMILES string of the molecule is COc1c(C#N)ccc2c1cc(-c1nc3n(n1)CCOC3c1ccccc1C(F)(F)F)n2COCC[Si](C)C. The Morgan fingerprint density at radius 2 is 2.00 bits per heavy atom. The third-order valence-electron chi connectivity index (χ3n) is 6.63. The Bertz CT molecular complexity index is 1540. The van der Waals surface area contributed by atoms with Gasteiger partial charge in [-0.25, -0.2) is 9.67 Å². The van der Waals surface area contributed by atoms with Gasteiger partial charge in [0.2, 0.25) is 0 Å². The first-order chi connectivity index (χ1) is 18.7. The summed E-state index contributed by atoms with van der Waals surface area (Å²) >= 11 is 0. The molecule has 0 amide bonds. The number of nitriles is 1. The summed E-state index contributed by atoms with van der Waals surface area (Å²) in [5.74, 6) is 1.03. The quantitative estimate of drug-likeness (QED) is 0.207. The summed E-state index contributed by atoms with van der Waals surface area (Å²) in [5, 5.41) is 14.9. The molecule has 0 bridgehead atoms. The molecule has 1 radical (unpaired) electrons. The lowest BCUT2D eigenvalue weighted by Crippen LogP contribution is -2.25. The maximum absolute atomic E-state index is 13.8. The number of fused-ring (bicyclic) bond motifs is 2.